The molecule has 2 aromatic rings. The van der Waals surface area contributed by atoms with Crippen LogP contribution in [0.5, 0.6) is 0 Å². The number of nitrogens with zero attached hydrogens (tertiary/aromatic N) is 2. The minimum absolute atomic E-state index is 0. The molecule has 28 heavy (non-hydrogen) atoms. The number of hydrogen-bond donors (Lipinski definition) is 4. The van der Waals surface area contributed by atoms with Crippen molar-refractivity contribution in [2.45, 2.75) is 25.1 Å². The quantitative estimate of drug-likeness (QED) is 0.227. The second-order valence-corrected chi connectivity index (χ2v) is 7.16. The van der Waals surface area contributed by atoms with Crippen LogP contribution in [0.2, 0.25) is 0 Å². The topological polar surface area (TPSA) is 93.0 Å². The number of aromatic amines is 1. The third kappa shape index (κ3) is 12.4. The molecule has 11 heteroatoms. The molecule has 0 atom stereocenters. The Bertz CT molecular complexity index is 624. The van der Waals surface area contributed by atoms with E-state index in [1.165, 1.54) is 0 Å². The van der Waals surface area contributed by atoms with Crippen LogP contribution in [0.25, 0.3) is 0 Å². The lowest BCUT2D eigenvalue weighted by Crippen LogP contribution is -2.38. The number of guanidine groups is 1. The van der Waals surface area contributed by atoms with Gasteiger partial charge < -0.3 is 24.9 Å². The SMILES string of the molecule is CN(C)Cc1ccc(CSCCNC(=N)NCCCc2c[nH]cn2)o1.Cl.Cl.Cl. The van der Waals surface area contributed by atoms with Gasteiger partial charge in [0.25, 0.3) is 0 Å². The number of H-pyrrole nitrogens is 1. The van der Waals surface area contributed by atoms with E-state index in [-0.39, 0.29) is 37.2 Å². The van der Waals surface area contributed by atoms with Gasteiger partial charge in [-0.3, -0.25) is 5.41 Å². The summed E-state index contributed by atoms with van der Waals surface area (Å²) in [7, 11) is 4.06. The van der Waals surface area contributed by atoms with Crippen LogP contribution in [0.1, 0.15) is 23.6 Å². The van der Waals surface area contributed by atoms with Crippen LogP contribution in [0.4, 0.5) is 0 Å². The van der Waals surface area contributed by atoms with Gasteiger partial charge in [-0.15, -0.1) is 37.2 Å². The van der Waals surface area contributed by atoms with Gasteiger partial charge in [0.1, 0.15) is 11.5 Å². The molecule has 0 aliphatic heterocycles. The Morgan fingerprint density at radius 3 is 2.57 bits per heavy atom. The summed E-state index contributed by atoms with van der Waals surface area (Å²) >= 11 is 1.80. The highest BCUT2D eigenvalue weighted by molar-refractivity contribution is 7.98. The average Bonchev–Trinajstić information content (AvgIpc) is 3.23. The fraction of sp³-hybridized carbons (Fsp3) is 0.529. The molecule has 0 aliphatic carbocycles. The van der Waals surface area contributed by atoms with Gasteiger partial charge in [-0.2, -0.15) is 11.8 Å². The molecule has 7 nitrogen and oxygen atoms in total. The standard InChI is InChI=1S/C17H28N6OS.3ClH/c1-23(2)11-15-5-6-16(24-15)12-25-9-8-21-17(18)20-7-3-4-14-10-19-13-22-14;;;/h5-6,10,13H,3-4,7-9,11-12H2,1-2H3,(H,19,22)(H3,18,20,21);3*1H. The first-order chi connectivity index (χ1) is 12.1. The van der Waals surface area contributed by atoms with Gasteiger partial charge in [-0.1, -0.05) is 0 Å². The molecule has 0 amide bonds. The van der Waals surface area contributed by atoms with Gasteiger partial charge in [0, 0.05) is 25.0 Å². The number of rotatable bonds is 11. The minimum Gasteiger partial charge on any atom is -0.464 e. The zero-order valence-electron chi connectivity index (χ0n) is 16.2. The first kappa shape index (κ1) is 29.1. The van der Waals surface area contributed by atoms with Crippen LogP contribution in [0.3, 0.4) is 0 Å². The summed E-state index contributed by atoms with van der Waals surface area (Å²) in [5.41, 5.74) is 1.06. The van der Waals surface area contributed by atoms with Crippen molar-refractivity contribution in [1.82, 2.24) is 25.5 Å². The maximum atomic E-state index is 7.83. The Morgan fingerprint density at radius 1 is 1.18 bits per heavy atom. The molecule has 0 radical (unpaired) electrons. The van der Waals surface area contributed by atoms with E-state index in [4.69, 9.17) is 9.83 Å². The number of hydrogen-bond acceptors (Lipinski definition) is 5. The molecule has 2 heterocycles. The fourth-order valence-corrected chi connectivity index (χ4v) is 3.04. The van der Waals surface area contributed by atoms with E-state index in [1.54, 1.807) is 18.1 Å². The second-order valence-electron chi connectivity index (χ2n) is 6.05. The molecular formula is C17H31Cl3N6OS. The van der Waals surface area contributed by atoms with E-state index >= 15 is 0 Å². The third-order valence-corrected chi connectivity index (χ3v) is 4.43. The summed E-state index contributed by atoms with van der Waals surface area (Å²) in [5.74, 6) is 4.18. The number of halogens is 3. The monoisotopic (exact) mass is 472 g/mol. The van der Waals surface area contributed by atoms with Crippen molar-refractivity contribution in [3.63, 3.8) is 0 Å². The van der Waals surface area contributed by atoms with Crippen molar-refractivity contribution >= 4 is 54.9 Å². The van der Waals surface area contributed by atoms with Crippen LogP contribution in [0.15, 0.2) is 29.1 Å². The normalized spacial score (nSPS) is 9.82. The van der Waals surface area contributed by atoms with Gasteiger partial charge in [-0.25, -0.2) is 4.98 Å². The summed E-state index contributed by atoms with van der Waals surface area (Å²) in [5, 5.41) is 14.0. The predicted molar refractivity (Wildman–Crippen MR) is 125 cm³/mol. The molecule has 0 spiro atoms. The molecule has 162 valence electrons. The van der Waals surface area contributed by atoms with E-state index in [9.17, 15) is 0 Å². The smallest absolute Gasteiger partial charge is 0.188 e. The van der Waals surface area contributed by atoms with E-state index < -0.39 is 0 Å². The molecule has 0 unspecified atom stereocenters. The van der Waals surface area contributed by atoms with E-state index in [0.29, 0.717) is 5.96 Å². The van der Waals surface area contributed by atoms with Crippen molar-refractivity contribution < 1.29 is 4.42 Å². The molecule has 2 aromatic heterocycles. The first-order valence-corrected chi connectivity index (χ1v) is 9.63. The Morgan fingerprint density at radius 2 is 1.89 bits per heavy atom. The van der Waals surface area contributed by atoms with Crippen molar-refractivity contribution in [3.8, 4) is 0 Å². The van der Waals surface area contributed by atoms with Crippen LogP contribution in [-0.4, -0.2) is 53.8 Å². The fourth-order valence-electron chi connectivity index (χ4n) is 2.29. The van der Waals surface area contributed by atoms with Crippen molar-refractivity contribution in [3.05, 3.63) is 41.9 Å². The number of nitrogens with one attached hydrogen (secondary N) is 4. The lowest BCUT2D eigenvalue weighted by molar-refractivity contribution is 0.344. The first-order valence-electron chi connectivity index (χ1n) is 8.47. The van der Waals surface area contributed by atoms with E-state index in [2.05, 4.69) is 25.5 Å². The van der Waals surface area contributed by atoms with E-state index in [0.717, 1.165) is 61.2 Å². The Kier molecular flexibility index (Phi) is 17.5. The number of imidazole rings is 1. The molecular weight excluding hydrogens is 443 g/mol. The summed E-state index contributed by atoms with van der Waals surface area (Å²) in [6.07, 6.45) is 5.47. The molecule has 2 rings (SSSR count). The van der Waals surface area contributed by atoms with Crippen LogP contribution in [-0.2, 0) is 18.7 Å². The average molecular weight is 474 g/mol. The minimum atomic E-state index is 0. The van der Waals surface area contributed by atoms with Gasteiger partial charge >= 0.3 is 0 Å². The Balaban J connectivity index is 0. The molecule has 0 saturated carbocycles. The summed E-state index contributed by atoms with van der Waals surface area (Å²) in [6, 6.07) is 4.08. The summed E-state index contributed by atoms with van der Waals surface area (Å²) in [6.45, 7) is 2.36. The predicted octanol–water partition coefficient (Wildman–Crippen LogP) is 3.31. The molecule has 0 saturated heterocycles. The van der Waals surface area contributed by atoms with Gasteiger partial charge in [0.15, 0.2) is 5.96 Å². The van der Waals surface area contributed by atoms with Crippen molar-refractivity contribution in [2.75, 3.05) is 32.9 Å². The lowest BCUT2D eigenvalue weighted by Gasteiger charge is -2.09. The summed E-state index contributed by atoms with van der Waals surface area (Å²) < 4.78 is 5.77. The van der Waals surface area contributed by atoms with Gasteiger partial charge in [0.2, 0.25) is 0 Å². The molecule has 0 bridgehead atoms. The third-order valence-electron chi connectivity index (χ3n) is 3.45. The molecule has 4 N–H and O–H groups in total. The molecule has 0 aromatic carbocycles. The summed E-state index contributed by atoms with van der Waals surface area (Å²) in [4.78, 5) is 9.21. The number of aromatic nitrogens is 2. The van der Waals surface area contributed by atoms with Crippen molar-refractivity contribution in [2.24, 2.45) is 0 Å². The van der Waals surface area contributed by atoms with Crippen molar-refractivity contribution in [1.29, 1.82) is 5.41 Å². The maximum absolute atomic E-state index is 7.83. The zero-order valence-corrected chi connectivity index (χ0v) is 19.5. The Hall–Kier alpha value is -1.06. The number of thioether (sulfide) groups is 1. The van der Waals surface area contributed by atoms with Crippen LogP contribution in [0, 0.1) is 5.41 Å². The molecule has 0 fully saturated rings. The van der Waals surface area contributed by atoms with Crippen LogP contribution < -0.4 is 10.6 Å². The number of aryl methyl sites for hydroxylation is 1. The van der Waals surface area contributed by atoms with Gasteiger partial charge in [-0.05, 0) is 39.1 Å². The van der Waals surface area contributed by atoms with E-state index in [1.807, 2.05) is 32.4 Å². The highest BCUT2D eigenvalue weighted by atomic mass is 35.5. The van der Waals surface area contributed by atoms with Crippen LogP contribution >= 0.6 is 49.0 Å². The van der Waals surface area contributed by atoms with Gasteiger partial charge in [0.05, 0.1) is 24.3 Å². The highest BCUT2D eigenvalue weighted by Gasteiger charge is 2.03. The zero-order chi connectivity index (χ0) is 17.9. The lowest BCUT2D eigenvalue weighted by atomic mass is 10.2. The Labute approximate surface area is 189 Å². The number of furan rings is 1. The largest absolute Gasteiger partial charge is 0.464 e. The maximum Gasteiger partial charge on any atom is 0.188 e. The highest BCUT2D eigenvalue weighted by Crippen LogP contribution is 2.15. The molecule has 0 aliphatic rings. The second kappa shape index (κ2) is 16.9.